The Morgan fingerprint density at radius 2 is 1.84 bits per heavy atom. The normalized spacial score (nSPS) is 11.3. The van der Waals surface area contributed by atoms with Crippen LogP contribution in [0.1, 0.15) is 24.3 Å². The molecule has 1 heterocycles. The molecule has 0 spiro atoms. The van der Waals surface area contributed by atoms with E-state index in [1.165, 1.54) is 4.88 Å². The lowest BCUT2D eigenvalue weighted by atomic mass is 9.83. The van der Waals surface area contributed by atoms with Crippen LogP contribution in [0.2, 0.25) is 0 Å². The van der Waals surface area contributed by atoms with Crippen LogP contribution in [0, 0.1) is 0 Å². The van der Waals surface area contributed by atoms with Gasteiger partial charge in [0.2, 0.25) is 5.91 Å². The summed E-state index contributed by atoms with van der Waals surface area (Å²) in [7, 11) is 1.87. The van der Waals surface area contributed by atoms with Crippen LogP contribution < -0.4 is 0 Å². The third kappa shape index (κ3) is 3.04. The molecule has 0 N–H and O–H groups in total. The highest BCUT2D eigenvalue weighted by Crippen LogP contribution is 2.26. The maximum Gasteiger partial charge on any atom is 0.232 e. The lowest BCUT2D eigenvalue weighted by Crippen LogP contribution is -2.40. The molecule has 0 bridgehead atoms. The first-order chi connectivity index (χ1) is 9.01. The zero-order valence-corrected chi connectivity index (χ0v) is 12.4. The van der Waals surface area contributed by atoms with Crippen molar-refractivity contribution >= 4 is 17.2 Å². The summed E-state index contributed by atoms with van der Waals surface area (Å²) in [5.41, 5.74) is 0.561. The molecule has 0 saturated carbocycles. The fraction of sp³-hybridized carbons (Fsp3) is 0.312. The Balaban J connectivity index is 2.14. The van der Waals surface area contributed by atoms with Crippen molar-refractivity contribution in [3.8, 4) is 0 Å². The van der Waals surface area contributed by atoms with Crippen LogP contribution in [0.4, 0.5) is 0 Å². The van der Waals surface area contributed by atoms with Gasteiger partial charge >= 0.3 is 0 Å². The molecule has 0 fully saturated rings. The predicted octanol–water partition coefficient (Wildman–Crippen LogP) is 3.68. The van der Waals surface area contributed by atoms with E-state index in [2.05, 4.69) is 6.07 Å². The van der Waals surface area contributed by atoms with E-state index >= 15 is 0 Å². The predicted molar refractivity (Wildman–Crippen MR) is 80.3 cm³/mol. The second kappa shape index (κ2) is 5.57. The van der Waals surface area contributed by atoms with Crippen molar-refractivity contribution in [1.82, 2.24) is 4.90 Å². The van der Waals surface area contributed by atoms with Gasteiger partial charge in [-0.15, -0.1) is 11.3 Å². The maximum absolute atomic E-state index is 12.6. The number of hydrogen-bond donors (Lipinski definition) is 0. The van der Waals surface area contributed by atoms with Gasteiger partial charge in [0.1, 0.15) is 0 Å². The fourth-order valence-electron chi connectivity index (χ4n) is 2.16. The van der Waals surface area contributed by atoms with Gasteiger partial charge in [-0.25, -0.2) is 0 Å². The topological polar surface area (TPSA) is 20.3 Å². The number of amides is 1. The molecule has 3 heteroatoms. The van der Waals surface area contributed by atoms with Gasteiger partial charge in [0.25, 0.3) is 0 Å². The highest BCUT2D eigenvalue weighted by molar-refractivity contribution is 7.09. The van der Waals surface area contributed by atoms with Gasteiger partial charge in [0, 0.05) is 11.9 Å². The first-order valence-electron chi connectivity index (χ1n) is 6.35. The van der Waals surface area contributed by atoms with E-state index in [0.29, 0.717) is 6.54 Å². The molecule has 2 rings (SSSR count). The van der Waals surface area contributed by atoms with Crippen molar-refractivity contribution in [2.75, 3.05) is 7.05 Å². The lowest BCUT2D eigenvalue weighted by Gasteiger charge is -2.29. The number of carbonyl (C=O) groups excluding carboxylic acids is 1. The van der Waals surface area contributed by atoms with E-state index in [1.54, 1.807) is 16.2 Å². The molecule has 19 heavy (non-hydrogen) atoms. The molecule has 1 aromatic carbocycles. The SMILES string of the molecule is CN(Cc1cccs1)C(=O)C(C)(C)c1ccccc1. The molecule has 2 nitrogen and oxygen atoms in total. The minimum Gasteiger partial charge on any atom is -0.340 e. The van der Waals surface area contributed by atoms with Crippen molar-refractivity contribution < 1.29 is 4.79 Å². The zero-order chi connectivity index (χ0) is 13.9. The van der Waals surface area contributed by atoms with E-state index in [-0.39, 0.29) is 5.91 Å². The van der Waals surface area contributed by atoms with E-state index < -0.39 is 5.41 Å². The average Bonchev–Trinajstić information content (AvgIpc) is 2.91. The Hall–Kier alpha value is -1.61. The molecule has 0 saturated heterocycles. The van der Waals surface area contributed by atoms with Gasteiger partial charge < -0.3 is 4.90 Å². The van der Waals surface area contributed by atoms with E-state index in [9.17, 15) is 4.79 Å². The standard InChI is InChI=1S/C16H19NOS/c1-16(2,13-8-5-4-6-9-13)15(18)17(3)12-14-10-7-11-19-14/h4-11H,12H2,1-3H3. The summed E-state index contributed by atoms with van der Waals surface area (Å²) in [6, 6.07) is 14.0. The number of hydrogen-bond acceptors (Lipinski definition) is 2. The highest BCUT2D eigenvalue weighted by atomic mass is 32.1. The molecule has 1 aromatic heterocycles. The monoisotopic (exact) mass is 273 g/mol. The third-order valence-electron chi connectivity index (χ3n) is 3.35. The van der Waals surface area contributed by atoms with E-state index in [0.717, 1.165) is 5.56 Å². The van der Waals surface area contributed by atoms with Crippen LogP contribution in [-0.4, -0.2) is 17.9 Å². The number of carbonyl (C=O) groups is 1. The second-order valence-electron chi connectivity index (χ2n) is 5.23. The van der Waals surface area contributed by atoms with Gasteiger partial charge in [-0.2, -0.15) is 0 Å². The summed E-state index contributed by atoms with van der Waals surface area (Å²) in [5, 5.41) is 2.04. The van der Waals surface area contributed by atoms with Crippen LogP contribution in [0.25, 0.3) is 0 Å². The van der Waals surface area contributed by atoms with Crippen LogP contribution in [0.15, 0.2) is 47.8 Å². The molecule has 0 aliphatic rings. The van der Waals surface area contributed by atoms with Crippen molar-refractivity contribution in [2.45, 2.75) is 25.8 Å². The summed E-state index contributed by atoms with van der Waals surface area (Å²) in [4.78, 5) is 15.6. The Bertz CT molecular complexity index is 531. The molecule has 0 aliphatic carbocycles. The summed E-state index contributed by atoms with van der Waals surface area (Å²) in [5.74, 6) is 0.145. The molecule has 0 atom stereocenters. The Morgan fingerprint density at radius 1 is 1.16 bits per heavy atom. The maximum atomic E-state index is 12.6. The third-order valence-corrected chi connectivity index (χ3v) is 4.21. The van der Waals surface area contributed by atoms with Crippen LogP contribution in [-0.2, 0) is 16.8 Å². The van der Waals surface area contributed by atoms with Crippen molar-refractivity contribution in [3.63, 3.8) is 0 Å². The first kappa shape index (κ1) is 13.8. The van der Waals surface area contributed by atoms with Crippen molar-refractivity contribution in [1.29, 1.82) is 0 Å². The van der Waals surface area contributed by atoms with Crippen LogP contribution in [0.3, 0.4) is 0 Å². The molecule has 1 amide bonds. The second-order valence-corrected chi connectivity index (χ2v) is 6.26. The molecular formula is C16H19NOS. The summed E-state index contributed by atoms with van der Waals surface area (Å²) >= 11 is 1.68. The number of thiophene rings is 1. The fourth-order valence-corrected chi connectivity index (χ4v) is 2.92. The number of likely N-dealkylation sites (N-methyl/N-ethyl adjacent to an activating group) is 1. The largest absolute Gasteiger partial charge is 0.340 e. The quantitative estimate of drug-likeness (QED) is 0.832. The first-order valence-corrected chi connectivity index (χ1v) is 7.23. The highest BCUT2D eigenvalue weighted by Gasteiger charge is 2.32. The average molecular weight is 273 g/mol. The Morgan fingerprint density at radius 3 is 2.42 bits per heavy atom. The summed E-state index contributed by atoms with van der Waals surface area (Å²) in [6.45, 7) is 4.64. The lowest BCUT2D eigenvalue weighted by molar-refractivity contribution is -0.135. The Kier molecular flexibility index (Phi) is 4.05. The van der Waals surface area contributed by atoms with Gasteiger partial charge in [0.15, 0.2) is 0 Å². The van der Waals surface area contributed by atoms with Crippen LogP contribution in [0.5, 0.6) is 0 Å². The molecule has 100 valence electrons. The Labute approximate surface area is 118 Å². The summed E-state index contributed by atoms with van der Waals surface area (Å²) < 4.78 is 0. The number of nitrogens with zero attached hydrogens (tertiary/aromatic N) is 1. The van der Waals surface area contributed by atoms with Crippen molar-refractivity contribution in [3.05, 3.63) is 58.3 Å². The minimum atomic E-state index is -0.493. The molecule has 2 aromatic rings. The molecule has 0 radical (unpaired) electrons. The van der Waals surface area contributed by atoms with E-state index in [4.69, 9.17) is 0 Å². The molecule has 0 unspecified atom stereocenters. The summed E-state index contributed by atoms with van der Waals surface area (Å²) in [6.07, 6.45) is 0. The number of rotatable bonds is 4. The zero-order valence-electron chi connectivity index (χ0n) is 11.6. The van der Waals surface area contributed by atoms with Gasteiger partial charge in [-0.05, 0) is 30.9 Å². The van der Waals surface area contributed by atoms with Crippen LogP contribution >= 0.6 is 11.3 Å². The smallest absolute Gasteiger partial charge is 0.232 e. The number of benzene rings is 1. The molecule has 0 aliphatic heterocycles. The van der Waals surface area contributed by atoms with Crippen molar-refractivity contribution in [2.24, 2.45) is 0 Å². The van der Waals surface area contributed by atoms with E-state index in [1.807, 2.05) is 62.7 Å². The van der Waals surface area contributed by atoms with Gasteiger partial charge in [-0.3, -0.25) is 4.79 Å². The van der Waals surface area contributed by atoms with Gasteiger partial charge in [-0.1, -0.05) is 36.4 Å². The van der Waals surface area contributed by atoms with Gasteiger partial charge in [0.05, 0.1) is 12.0 Å². The minimum absolute atomic E-state index is 0.145. The molecular weight excluding hydrogens is 254 g/mol.